The Labute approximate surface area is 172 Å². The minimum Gasteiger partial charge on any atom is -0.450 e. The first kappa shape index (κ1) is 20.7. The van der Waals surface area contributed by atoms with Crippen LogP contribution >= 0.6 is 0 Å². The summed E-state index contributed by atoms with van der Waals surface area (Å²) in [4.78, 5) is 24.8. The fourth-order valence-electron chi connectivity index (χ4n) is 3.33. The SMILES string of the molecule is CCNC(=NCc1cccc(Cn2ccnc2)c1)N1CCN(C(=O)OCC)CC1. The van der Waals surface area contributed by atoms with E-state index in [0.29, 0.717) is 26.2 Å². The number of carbonyl (C=O) groups excluding carboxylic acids is 1. The van der Waals surface area contributed by atoms with Gasteiger partial charge in [-0.15, -0.1) is 0 Å². The maximum Gasteiger partial charge on any atom is 0.409 e. The number of ether oxygens (including phenoxy) is 1. The predicted octanol–water partition coefficient (Wildman–Crippen LogP) is 2.17. The van der Waals surface area contributed by atoms with Crippen LogP contribution in [0.15, 0.2) is 48.0 Å². The molecule has 1 aromatic carbocycles. The molecule has 0 radical (unpaired) electrons. The van der Waals surface area contributed by atoms with Crippen molar-refractivity contribution < 1.29 is 9.53 Å². The number of aromatic nitrogens is 2. The third kappa shape index (κ3) is 5.97. The van der Waals surface area contributed by atoms with E-state index in [1.807, 2.05) is 19.4 Å². The van der Waals surface area contributed by atoms with Crippen molar-refractivity contribution in [2.24, 2.45) is 4.99 Å². The first-order chi connectivity index (χ1) is 14.2. The smallest absolute Gasteiger partial charge is 0.409 e. The average molecular weight is 399 g/mol. The molecule has 2 heterocycles. The molecule has 1 fully saturated rings. The molecule has 0 atom stereocenters. The van der Waals surface area contributed by atoms with Gasteiger partial charge < -0.3 is 24.4 Å². The molecule has 0 spiro atoms. The van der Waals surface area contributed by atoms with Crippen LogP contribution in [-0.2, 0) is 17.8 Å². The number of nitrogens with zero attached hydrogens (tertiary/aromatic N) is 5. The zero-order valence-electron chi connectivity index (χ0n) is 17.3. The van der Waals surface area contributed by atoms with Gasteiger partial charge in [0, 0.05) is 51.7 Å². The van der Waals surface area contributed by atoms with Crippen molar-refractivity contribution in [1.29, 1.82) is 0 Å². The van der Waals surface area contributed by atoms with Gasteiger partial charge >= 0.3 is 6.09 Å². The Kier molecular flexibility index (Phi) is 7.49. The van der Waals surface area contributed by atoms with Crippen LogP contribution in [0.25, 0.3) is 0 Å². The number of guanidine groups is 1. The summed E-state index contributed by atoms with van der Waals surface area (Å²) < 4.78 is 7.15. The van der Waals surface area contributed by atoms with Gasteiger partial charge in [-0.1, -0.05) is 24.3 Å². The van der Waals surface area contributed by atoms with Gasteiger partial charge in [-0.25, -0.2) is 14.8 Å². The largest absolute Gasteiger partial charge is 0.450 e. The van der Waals surface area contributed by atoms with Crippen molar-refractivity contribution in [1.82, 2.24) is 24.7 Å². The number of rotatable bonds is 6. The monoisotopic (exact) mass is 398 g/mol. The van der Waals surface area contributed by atoms with Crippen molar-refractivity contribution in [2.45, 2.75) is 26.9 Å². The van der Waals surface area contributed by atoms with Crippen molar-refractivity contribution in [3.8, 4) is 0 Å². The van der Waals surface area contributed by atoms with Gasteiger partial charge in [-0.2, -0.15) is 0 Å². The summed E-state index contributed by atoms with van der Waals surface area (Å²) in [6.45, 7) is 9.28. The van der Waals surface area contributed by atoms with E-state index in [1.54, 1.807) is 11.1 Å². The molecular weight excluding hydrogens is 368 g/mol. The van der Waals surface area contributed by atoms with E-state index in [0.717, 1.165) is 32.1 Å². The number of carbonyl (C=O) groups is 1. The second kappa shape index (κ2) is 10.5. The van der Waals surface area contributed by atoms with Crippen LogP contribution in [0.3, 0.4) is 0 Å². The van der Waals surface area contributed by atoms with Crippen molar-refractivity contribution in [3.05, 3.63) is 54.1 Å². The van der Waals surface area contributed by atoms with E-state index in [-0.39, 0.29) is 6.09 Å². The van der Waals surface area contributed by atoms with E-state index in [2.05, 4.69) is 51.0 Å². The van der Waals surface area contributed by atoms with E-state index >= 15 is 0 Å². The first-order valence-electron chi connectivity index (χ1n) is 10.2. The highest BCUT2D eigenvalue weighted by atomic mass is 16.6. The van der Waals surface area contributed by atoms with Gasteiger partial charge in [-0.3, -0.25) is 0 Å². The molecule has 8 nitrogen and oxygen atoms in total. The summed E-state index contributed by atoms with van der Waals surface area (Å²) in [6.07, 6.45) is 5.34. The molecule has 8 heteroatoms. The summed E-state index contributed by atoms with van der Waals surface area (Å²) in [5.74, 6) is 0.885. The Morgan fingerprint density at radius 3 is 2.62 bits per heavy atom. The zero-order valence-corrected chi connectivity index (χ0v) is 17.3. The van der Waals surface area contributed by atoms with E-state index in [4.69, 9.17) is 9.73 Å². The minimum atomic E-state index is -0.233. The standard InChI is InChI=1S/C21H30N6O2/c1-3-23-20(26-10-12-27(13-11-26)21(28)29-4-2)24-15-18-6-5-7-19(14-18)16-25-9-8-22-17-25/h5-9,14,17H,3-4,10-13,15-16H2,1-2H3,(H,23,24). The number of benzene rings is 1. The Hall–Kier alpha value is -3.03. The van der Waals surface area contributed by atoms with Crippen LogP contribution in [-0.4, -0.2) is 70.7 Å². The van der Waals surface area contributed by atoms with Crippen LogP contribution in [0.5, 0.6) is 0 Å². The van der Waals surface area contributed by atoms with Crippen LogP contribution in [0.1, 0.15) is 25.0 Å². The lowest BCUT2D eigenvalue weighted by Crippen LogP contribution is -2.53. The van der Waals surface area contributed by atoms with Crippen molar-refractivity contribution >= 4 is 12.1 Å². The fraction of sp³-hybridized carbons (Fsp3) is 0.476. The Morgan fingerprint density at radius 1 is 1.17 bits per heavy atom. The normalized spacial score (nSPS) is 14.8. The number of piperazine rings is 1. The van der Waals surface area contributed by atoms with Crippen molar-refractivity contribution in [3.63, 3.8) is 0 Å². The summed E-state index contributed by atoms with van der Waals surface area (Å²) in [6, 6.07) is 8.48. The van der Waals surface area contributed by atoms with Crippen LogP contribution < -0.4 is 5.32 Å². The molecule has 1 saturated heterocycles. The van der Waals surface area contributed by atoms with Gasteiger partial charge in [0.25, 0.3) is 0 Å². The third-order valence-electron chi connectivity index (χ3n) is 4.77. The van der Waals surface area contributed by atoms with Gasteiger partial charge in [0.05, 0.1) is 19.5 Å². The van der Waals surface area contributed by atoms with E-state index < -0.39 is 0 Å². The highest BCUT2D eigenvalue weighted by Gasteiger charge is 2.23. The second-order valence-corrected chi connectivity index (χ2v) is 6.90. The summed E-state index contributed by atoms with van der Waals surface area (Å²) >= 11 is 0. The number of nitrogens with one attached hydrogen (secondary N) is 1. The number of amides is 1. The predicted molar refractivity (Wildman–Crippen MR) is 113 cm³/mol. The molecule has 2 aromatic rings. The topological polar surface area (TPSA) is 75.0 Å². The van der Waals surface area contributed by atoms with Crippen molar-refractivity contribution in [2.75, 3.05) is 39.3 Å². The van der Waals surface area contributed by atoms with E-state index in [9.17, 15) is 4.79 Å². The van der Waals surface area contributed by atoms with Gasteiger partial charge in [0.2, 0.25) is 0 Å². The summed E-state index contributed by atoms with van der Waals surface area (Å²) in [7, 11) is 0. The highest BCUT2D eigenvalue weighted by molar-refractivity contribution is 5.80. The summed E-state index contributed by atoms with van der Waals surface area (Å²) in [5.41, 5.74) is 2.40. The quantitative estimate of drug-likeness (QED) is 0.596. The van der Waals surface area contributed by atoms with E-state index in [1.165, 1.54) is 11.1 Å². The van der Waals surface area contributed by atoms with Crippen LogP contribution in [0, 0.1) is 0 Å². The molecule has 1 aliphatic rings. The maximum atomic E-state index is 11.9. The molecule has 156 valence electrons. The molecule has 0 saturated carbocycles. The average Bonchev–Trinajstić information content (AvgIpc) is 3.25. The molecule has 1 N–H and O–H groups in total. The fourth-order valence-corrected chi connectivity index (χ4v) is 3.33. The lowest BCUT2D eigenvalue weighted by molar-refractivity contribution is 0.0914. The van der Waals surface area contributed by atoms with Crippen LogP contribution in [0.4, 0.5) is 4.79 Å². The Morgan fingerprint density at radius 2 is 1.93 bits per heavy atom. The zero-order chi connectivity index (χ0) is 20.5. The summed E-state index contributed by atoms with van der Waals surface area (Å²) in [5, 5.41) is 3.37. The van der Waals surface area contributed by atoms with Gasteiger partial charge in [-0.05, 0) is 25.0 Å². The molecule has 3 rings (SSSR count). The van der Waals surface area contributed by atoms with Gasteiger partial charge in [0.1, 0.15) is 0 Å². The molecule has 1 aromatic heterocycles. The third-order valence-corrected chi connectivity index (χ3v) is 4.77. The van der Waals surface area contributed by atoms with Crippen LogP contribution in [0.2, 0.25) is 0 Å². The molecule has 0 unspecified atom stereocenters. The number of aliphatic imine (C=N–C) groups is 1. The number of hydrogen-bond acceptors (Lipinski definition) is 4. The highest BCUT2D eigenvalue weighted by Crippen LogP contribution is 2.10. The second-order valence-electron chi connectivity index (χ2n) is 6.90. The molecule has 1 aliphatic heterocycles. The molecule has 1 amide bonds. The number of imidazole rings is 1. The molecular formula is C21H30N6O2. The molecule has 29 heavy (non-hydrogen) atoms. The molecule has 0 aliphatic carbocycles. The lowest BCUT2D eigenvalue weighted by atomic mass is 10.1. The lowest BCUT2D eigenvalue weighted by Gasteiger charge is -2.35. The van der Waals surface area contributed by atoms with Gasteiger partial charge in [0.15, 0.2) is 5.96 Å². The minimum absolute atomic E-state index is 0.233. The molecule has 0 bridgehead atoms. The Balaban J connectivity index is 1.60. The number of hydrogen-bond donors (Lipinski definition) is 1. The maximum absolute atomic E-state index is 11.9. The Bertz CT molecular complexity index is 797. The first-order valence-corrected chi connectivity index (χ1v) is 10.2.